The summed E-state index contributed by atoms with van der Waals surface area (Å²) in [4.78, 5) is 59.5. The number of rotatable bonds is 9. The number of pyridine rings is 1. The molecule has 4 N–H and O–H groups in total. The van der Waals surface area contributed by atoms with Crippen LogP contribution in [0.4, 0.5) is 6.01 Å². The second-order valence-electron chi connectivity index (χ2n) is 9.26. The molecule has 5 rings (SSSR count). The van der Waals surface area contributed by atoms with E-state index in [4.69, 9.17) is 10.6 Å². The largest absolute Gasteiger partial charge is 0.543 e. The fourth-order valence-corrected chi connectivity index (χ4v) is 6.14. The summed E-state index contributed by atoms with van der Waals surface area (Å²) in [7, 11) is 0. The number of nitrogen functional groups attached to an aromatic ring is 1. The Balaban J connectivity index is 1.36. The van der Waals surface area contributed by atoms with Crippen LogP contribution in [0.3, 0.4) is 0 Å². The number of carboxylic acids is 2. The van der Waals surface area contributed by atoms with Gasteiger partial charge in [0.05, 0.1) is 16.4 Å². The van der Waals surface area contributed by atoms with Gasteiger partial charge in [-0.3, -0.25) is 14.5 Å². The van der Waals surface area contributed by atoms with Crippen LogP contribution in [0, 0.1) is 0 Å². The van der Waals surface area contributed by atoms with Crippen LogP contribution >= 0.6 is 23.1 Å². The van der Waals surface area contributed by atoms with Crippen molar-refractivity contribution in [3.05, 3.63) is 47.0 Å². The summed E-state index contributed by atoms with van der Waals surface area (Å²) >= 11 is 2.82. The van der Waals surface area contributed by atoms with Crippen LogP contribution in [-0.4, -0.2) is 72.4 Å². The number of thioether (sulfide) groups is 1. The Morgan fingerprint density at radius 3 is 2.85 bits per heavy atom. The summed E-state index contributed by atoms with van der Waals surface area (Å²) in [5.41, 5.74) is 3.25. The van der Waals surface area contributed by atoms with Crippen LogP contribution in [0.15, 0.2) is 50.9 Å². The molecule has 2 atom stereocenters. The number of nitrogens with two attached hydrogens (primary N) is 1. The smallest absolute Gasteiger partial charge is 0.350 e. The van der Waals surface area contributed by atoms with Gasteiger partial charge in [0.2, 0.25) is 17.1 Å². The summed E-state index contributed by atoms with van der Waals surface area (Å²) in [5, 5.41) is 33.2. The lowest BCUT2D eigenvalue weighted by Crippen LogP contribution is -2.71. The molecule has 2 unspecified atom stereocenters. The molecule has 1 fully saturated rings. The van der Waals surface area contributed by atoms with E-state index in [2.05, 4.69) is 25.1 Å². The van der Waals surface area contributed by atoms with Crippen molar-refractivity contribution >= 4 is 68.7 Å². The Hall–Kier alpha value is -4.51. The van der Waals surface area contributed by atoms with Crippen molar-refractivity contribution in [3.8, 4) is 0 Å². The number of hydrogen-bond donors (Lipinski definition) is 3. The van der Waals surface area contributed by atoms with Crippen molar-refractivity contribution in [3.63, 3.8) is 0 Å². The van der Waals surface area contributed by atoms with Crippen LogP contribution in [0.25, 0.3) is 10.1 Å². The summed E-state index contributed by atoms with van der Waals surface area (Å²) in [5.74, 6) is -4.70. The normalized spacial score (nSPS) is 19.3. The Morgan fingerprint density at radius 1 is 1.40 bits per heavy atom. The minimum Gasteiger partial charge on any atom is -0.543 e. The highest BCUT2D eigenvalue weighted by atomic mass is 32.2. The Morgan fingerprint density at radius 2 is 2.17 bits per heavy atom. The van der Waals surface area contributed by atoms with Gasteiger partial charge in [0, 0.05) is 22.8 Å². The first-order valence-corrected chi connectivity index (χ1v) is 13.5. The van der Waals surface area contributed by atoms with Gasteiger partial charge < -0.3 is 35.4 Å². The van der Waals surface area contributed by atoms with Gasteiger partial charge in [-0.05, 0) is 25.3 Å². The molecule has 15 nitrogen and oxygen atoms in total. The van der Waals surface area contributed by atoms with Crippen molar-refractivity contribution in [2.45, 2.75) is 37.4 Å². The number of thiophene rings is 1. The number of anilines is 1. The molecular formula is C23H21N7O8S2. The fraction of sp³-hybridized carbons (Fsp3) is 0.304. The molecule has 0 aliphatic carbocycles. The molecule has 3 aromatic heterocycles. The summed E-state index contributed by atoms with van der Waals surface area (Å²) in [6.45, 7) is 2.63. The zero-order valence-corrected chi connectivity index (χ0v) is 22.5. The first-order valence-electron chi connectivity index (χ1n) is 11.6. The fourth-order valence-electron chi connectivity index (χ4n) is 3.98. The van der Waals surface area contributed by atoms with Crippen LogP contribution < -0.4 is 20.7 Å². The third-order valence-electron chi connectivity index (χ3n) is 6.11. The molecule has 3 aromatic rings. The number of aromatic nitrogens is 3. The number of aliphatic carboxylic acids is 2. The number of β-lactam (4-membered cyclic amide) rings is 1. The van der Waals surface area contributed by atoms with E-state index in [1.165, 1.54) is 25.6 Å². The topological polar surface area (TPSA) is 217 Å². The SMILES string of the molecule is CC(C)(O/N=C(/C(=O)NC1C(=O)N2C(C(=O)[O-])=C(C[n+]3ccc4ccsc4c3)CSC12)c1noc(N)n1)C(=O)O. The number of nitrogens with one attached hydrogen (secondary N) is 1. The predicted octanol–water partition coefficient (Wildman–Crippen LogP) is -1.16. The maximum absolute atomic E-state index is 13.1. The van der Waals surface area contributed by atoms with E-state index in [1.807, 2.05) is 34.5 Å². The number of amides is 2. The van der Waals surface area contributed by atoms with Gasteiger partial charge in [-0.25, -0.2) is 4.79 Å². The third-order valence-corrected chi connectivity index (χ3v) is 8.31. The first-order chi connectivity index (χ1) is 19.0. The van der Waals surface area contributed by atoms with Gasteiger partial charge in [-0.2, -0.15) is 9.55 Å². The van der Waals surface area contributed by atoms with Crippen molar-refractivity contribution < 1.29 is 43.3 Å². The molecular weight excluding hydrogens is 566 g/mol. The summed E-state index contributed by atoms with van der Waals surface area (Å²) in [6, 6.07) is 2.37. The van der Waals surface area contributed by atoms with Crippen molar-refractivity contribution in [1.82, 2.24) is 20.4 Å². The molecule has 2 amide bonds. The summed E-state index contributed by atoms with van der Waals surface area (Å²) in [6.07, 6.45) is 3.73. The van der Waals surface area contributed by atoms with E-state index in [0.29, 0.717) is 5.57 Å². The second-order valence-corrected chi connectivity index (χ2v) is 11.3. The number of carboxylic acid groups (broad SMARTS) is 2. The molecule has 2 aliphatic rings. The number of carbonyl (C=O) groups excluding carboxylic acids is 3. The Kier molecular flexibility index (Phi) is 6.92. The molecule has 0 aromatic carbocycles. The maximum atomic E-state index is 13.1. The lowest BCUT2D eigenvalue weighted by Gasteiger charge is -2.50. The molecule has 0 spiro atoms. The van der Waals surface area contributed by atoms with Crippen LogP contribution in [-0.2, 0) is 30.6 Å². The van der Waals surface area contributed by atoms with E-state index in [-0.39, 0.29) is 18.0 Å². The highest BCUT2D eigenvalue weighted by Gasteiger charge is 2.53. The average molecular weight is 588 g/mol. The Labute approximate surface area is 233 Å². The quantitative estimate of drug-likeness (QED) is 0.117. The van der Waals surface area contributed by atoms with E-state index in [0.717, 1.165) is 15.0 Å². The minimum atomic E-state index is -1.82. The lowest BCUT2D eigenvalue weighted by molar-refractivity contribution is -0.687. The van der Waals surface area contributed by atoms with Gasteiger partial charge in [0.25, 0.3) is 11.8 Å². The zero-order valence-electron chi connectivity index (χ0n) is 20.9. The molecule has 208 valence electrons. The monoisotopic (exact) mass is 587 g/mol. The van der Waals surface area contributed by atoms with Gasteiger partial charge in [-0.15, -0.1) is 23.1 Å². The molecule has 5 heterocycles. The van der Waals surface area contributed by atoms with Crippen LogP contribution in [0.1, 0.15) is 19.7 Å². The Bertz CT molecular complexity index is 1610. The van der Waals surface area contributed by atoms with Gasteiger partial charge in [0.1, 0.15) is 11.4 Å². The second kappa shape index (κ2) is 10.2. The molecule has 0 bridgehead atoms. The molecule has 1 saturated heterocycles. The zero-order chi connectivity index (χ0) is 28.8. The average Bonchev–Trinajstić information content (AvgIpc) is 3.55. The van der Waals surface area contributed by atoms with Crippen molar-refractivity contribution in [1.29, 1.82) is 0 Å². The number of fused-ring (bicyclic) bond motifs is 2. The first kappa shape index (κ1) is 27.1. The molecule has 0 saturated carbocycles. The molecule has 2 aliphatic heterocycles. The van der Waals surface area contributed by atoms with Gasteiger partial charge in [-0.1, -0.05) is 10.3 Å². The standard InChI is InChI=1S/C23H21N7O8S2/c1-23(2,21(35)36)38-27-13(16-26-22(24)37-28-16)17(31)25-14-18(32)30-15(20(33)34)11(9-40-19(14)30)7-29-5-3-10-4-6-39-12(10)8-29/h3-6,8,14,19H,7,9H2,1-2H3,(H4-,24,25,26,28,31,33,34,35,36)/b27-13+. The molecule has 17 heteroatoms. The number of carbonyl (C=O) groups is 4. The van der Waals surface area contributed by atoms with E-state index < -0.39 is 58.3 Å². The van der Waals surface area contributed by atoms with Gasteiger partial charge in [0.15, 0.2) is 18.9 Å². The minimum absolute atomic E-state index is 0.227. The third kappa shape index (κ3) is 4.95. The van der Waals surface area contributed by atoms with Gasteiger partial charge >= 0.3 is 12.0 Å². The van der Waals surface area contributed by atoms with Crippen LogP contribution in [0.5, 0.6) is 0 Å². The van der Waals surface area contributed by atoms with Crippen molar-refractivity contribution in [2.24, 2.45) is 5.16 Å². The predicted molar refractivity (Wildman–Crippen MR) is 137 cm³/mol. The maximum Gasteiger partial charge on any atom is 0.350 e. The van der Waals surface area contributed by atoms with Crippen molar-refractivity contribution in [2.75, 3.05) is 11.5 Å². The highest BCUT2D eigenvalue weighted by Crippen LogP contribution is 2.40. The highest BCUT2D eigenvalue weighted by molar-refractivity contribution is 8.00. The lowest BCUT2D eigenvalue weighted by atomic mass is 10.0. The number of oxime groups is 1. The summed E-state index contributed by atoms with van der Waals surface area (Å²) < 4.78 is 7.53. The van der Waals surface area contributed by atoms with E-state index >= 15 is 0 Å². The molecule has 0 radical (unpaired) electrons. The molecule has 40 heavy (non-hydrogen) atoms. The van der Waals surface area contributed by atoms with E-state index in [1.54, 1.807) is 11.3 Å². The number of nitrogens with zero attached hydrogens (tertiary/aromatic N) is 5. The van der Waals surface area contributed by atoms with E-state index in [9.17, 15) is 29.4 Å². The number of hydrogen-bond acceptors (Lipinski definition) is 13. The van der Waals surface area contributed by atoms with Crippen LogP contribution in [0.2, 0.25) is 0 Å².